The van der Waals surface area contributed by atoms with Gasteiger partial charge in [-0.25, -0.2) is 0 Å². The van der Waals surface area contributed by atoms with Crippen LogP contribution in [0.1, 0.15) is 18.9 Å². The Morgan fingerprint density at radius 2 is 1.83 bits per heavy atom. The number of non-ortho nitro benzene ring substituents is 1. The number of carbonyl (C=O) groups excluding carboxylic acids is 2. The van der Waals surface area contributed by atoms with Gasteiger partial charge in [0.2, 0.25) is 5.91 Å². The Morgan fingerprint density at radius 3 is 2.30 bits per heavy atom. The van der Waals surface area contributed by atoms with Crippen molar-refractivity contribution in [2.45, 2.75) is 16.6 Å². The first-order valence-corrected chi connectivity index (χ1v) is 8.15. The van der Waals surface area contributed by atoms with E-state index in [9.17, 15) is 19.7 Å². The third-order valence-corrected chi connectivity index (χ3v) is 5.90. The summed E-state index contributed by atoms with van der Waals surface area (Å²) in [6, 6.07) is 5.74. The van der Waals surface area contributed by atoms with Crippen molar-refractivity contribution in [1.82, 2.24) is 10.9 Å². The molecule has 1 fully saturated rings. The Morgan fingerprint density at radius 1 is 1.26 bits per heavy atom. The summed E-state index contributed by atoms with van der Waals surface area (Å²) in [7, 11) is 0. The minimum atomic E-state index is -0.623. The van der Waals surface area contributed by atoms with Crippen molar-refractivity contribution in [3.8, 4) is 0 Å². The van der Waals surface area contributed by atoms with E-state index >= 15 is 0 Å². The molecular weight excluding hydrogens is 434 g/mol. The average molecular weight is 447 g/mol. The molecule has 0 saturated heterocycles. The van der Waals surface area contributed by atoms with Crippen LogP contribution in [0.3, 0.4) is 0 Å². The van der Waals surface area contributed by atoms with Crippen molar-refractivity contribution in [2.24, 2.45) is 5.41 Å². The van der Waals surface area contributed by atoms with Gasteiger partial charge in [0, 0.05) is 18.2 Å². The highest BCUT2D eigenvalue weighted by Gasteiger charge is 2.66. The van der Waals surface area contributed by atoms with Gasteiger partial charge in [-0.3, -0.25) is 30.6 Å². The van der Waals surface area contributed by atoms with Gasteiger partial charge in [0.05, 0.1) is 13.6 Å². The number of nitrogens with one attached hydrogen (secondary N) is 2. The monoisotopic (exact) mass is 445 g/mol. The number of hydrazine groups is 1. The lowest BCUT2D eigenvalue weighted by molar-refractivity contribution is -0.384. The van der Waals surface area contributed by atoms with E-state index in [1.54, 1.807) is 6.92 Å². The first-order chi connectivity index (χ1) is 10.7. The van der Waals surface area contributed by atoms with Crippen molar-refractivity contribution in [2.75, 3.05) is 0 Å². The molecule has 0 aromatic heterocycles. The number of nitro benzene ring substituents is 1. The molecule has 2 amide bonds. The molecule has 0 bridgehead atoms. The summed E-state index contributed by atoms with van der Waals surface area (Å²) >= 11 is 6.75. The van der Waals surface area contributed by atoms with Crippen LogP contribution in [0.15, 0.2) is 30.3 Å². The van der Waals surface area contributed by atoms with Crippen LogP contribution >= 0.6 is 31.9 Å². The third kappa shape index (κ3) is 3.97. The predicted octanol–water partition coefficient (Wildman–Crippen LogP) is 2.65. The lowest BCUT2D eigenvalue weighted by Crippen LogP contribution is -2.45. The summed E-state index contributed by atoms with van der Waals surface area (Å²) in [6.45, 7) is 1.77. The average Bonchev–Trinajstić information content (AvgIpc) is 3.02. The van der Waals surface area contributed by atoms with E-state index in [1.807, 2.05) is 0 Å². The Bertz CT molecular complexity index is 688. The van der Waals surface area contributed by atoms with Crippen molar-refractivity contribution in [3.63, 3.8) is 0 Å². The molecule has 1 aliphatic rings. The van der Waals surface area contributed by atoms with Crippen LogP contribution in [0.4, 0.5) is 5.69 Å². The molecule has 0 aliphatic heterocycles. The molecule has 1 saturated carbocycles. The maximum absolute atomic E-state index is 11.9. The summed E-state index contributed by atoms with van der Waals surface area (Å²) in [5, 5.41) is 10.5. The molecule has 1 aromatic rings. The molecular formula is C14H13Br2N3O4. The van der Waals surface area contributed by atoms with E-state index in [-0.39, 0.29) is 11.6 Å². The topological polar surface area (TPSA) is 101 Å². The van der Waals surface area contributed by atoms with Crippen LogP contribution < -0.4 is 10.9 Å². The van der Waals surface area contributed by atoms with Gasteiger partial charge in [-0.1, -0.05) is 31.9 Å². The molecule has 0 heterocycles. The van der Waals surface area contributed by atoms with Crippen LogP contribution in [-0.2, 0) is 9.59 Å². The second-order valence-electron chi connectivity index (χ2n) is 5.34. The van der Waals surface area contributed by atoms with Gasteiger partial charge in [-0.05, 0) is 37.1 Å². The van der Waals surface area contributed by atoms with Crippen LogP contribution in [-0.4, -0.2) is 20.0 Å². The molecule has 23 heavy (non-hydrogen) atoms. The molecule has 7 nitrogen and oxygen atoms in total. The standard InChI is InChI=1S/C14H13Br2N3O4/c1-13(8-14(13,15)16)12(21)18-17-11(20)7-4-9-2-5-10(6-3-9)19(22)23/h2-7H,8H2,1H3,(H,17,20)(H,18,21). The second-order valence-corrected chi connectivity index (χ2v) is 9.11. The zero-order valence-electron chi connectivity index (χ0n) is 12.0. The normalized spacial score (nSPS) is 21.7. The number of benzene rings is 1. The lowest BCUT2D eigenvalue weighted by Gasteiger charge is -2.12. The maximum Gasteiger partial charge on any atom is 0.269 e. The minimum Gasteiger partial charge on any atom is -0.273 e. The smallest absolute Gasteiger partial charge is 0.269 e. The number of carbonyl (C=O) groups is 2. The van der Waals surface area contributed by atoms with Gasteiger partial charge < -0.3 is 0 Å². The van der Waals surface area contributed by atoms with Gasteiger partial charge in [0.1, 0.15) is 0 Å². The molecule has 1 aromatic carbocycles. The number of alkyl halides is 2. The summed E-state index contributed by atoms with van der Waals surface area (Å²) in [6.07, 6.45) is 3.33. The van der Waals surface area contributed by atoms with Crippen molar-refractivity contribution in [3.05, 3.63) is 46.0 Å². The zero-order valence-corrected chi connectivity index (χ0v) is 15.2. The van der Waals surface area contributed by atoms with Crippen LogP contribution in [0.2, 0.25) is 0 Å². The van der Waals surface area contributed by atoms with E-state index < -0.39 is 19.5 Å². The van der Waals surface area contributed by atoms with Crippen molar-refractivity contribution >= 4 is 55.4 Å². The van der Waals surface area contributed by atoms with Gasteiger partial charge in [-0.2, -0.15) is 0 Å². The predicted molar refractivity (Wildman–Crippen MR) is 91.7 cm³/mol. The van der Waals surface area contributed by atoms with Crippen LogP contribution in [0.5, 0.6) is 0 Å². The number of nitrogens with zero attached hydrogens (tertiary/aromatic N) is 1. The zero-order chi connectivity index (χ0) is 17.3. The van der Waals surface area contributed by atoms with Gasteiger partial charge in [0.25, 0.3) is 11.6 Å². The molecule has 2 rings (SSSR count). The molecule has 1 aliphatic carbocycles. The highest BCUT2D eigenvalue weighted by molar-refractivity contribution is 9.25. The van der Waals surface area contributed by atoms with Gasteiger partial charge in [0.15, 0.2) is 0 Å². The number of halogens is 2. The Balaban J connectivity index is 1.85. The largest absolute Gasteiger partial charge is 0.273 e. The summed E-state index contributed by atoms with van der Waals surface area (Å²) in [4.78, 5) is 33.6. The maximum atomic E-state index is 11.9. The highest BCUT2D eigenvalue weighted by atomic mass is 79.9. The van der Waals surface area contributed by atoms with E-state index in [4.69, 9.17) is 0 Å². The number of hydrogen-bond donors (Lipinski definition) is 2. The van der Waals surface area contributed by atoms with E-state index in [1.165, 1.54) is 36.4 Å². The number of rotatable bonds is 4. The molecule has 1 atom stereocenters. The molecule has 2 N–H and O–H groups in total. The lowest BCUT2D eigenvalue weighted by atomic mass is 10.1. The fourth-order valence-corrected chi connectivity index (χ4v) is 3.30. The second kappa shape index (κ2) is 6.40. The molecule has 9 heteroatoms. The number of nitro groups is 1. The first-order valence-electron chi connectivity index (χ1n) is 6.56. The molecule has 1 unspecified atom stereocenters. The third-order valence-electron chi connectivity index (χ3n) is 3.59. The van der Waals surface area contributed by atoms with E-state index in [2.05, 4.69) is 42.7 Å². The van der Waals surface area contributed by atoms with Crippen LogP contribution in [0.25, 0.3) is 6.08 Å². The number of amides is 2. The SMILES string of the molecule is CC1(C(=O)NNC(=O)C=Cc2ccc([N+](=O)[O-])cc2)CC1(Br)Br. The Kier molecular flexibility index (Phi) is 4.90. The van der Waals surface area contributed by atoms with Gasteiger partial charge in [-0.15, -0.1) is 0 Å². The number of hydrogen-bond acceptors (Lipinski definition) is 4. The first kappa shape index (κ1) is 17.6. The highest BCUT2D eigenvalue weighted by Crippen LogP contribution is 2.66. The minimum absolute atomic E-state index is 0.0235. The quantitative estimate of drug-likeness (QED) is 0.321. The van der Waals surface area contributed by atoms with Crippen molar-refractivity contribution < 1.29 is 14.5 Å². The van der Waals surface area contributed by atoms with E-state index in [0.29, 0.717) is 12.0 Å². The fraction of sp³-hybridized carbons (Fsp3) is 0.286. The molecule has 0 spiro atoms. The van der Waals surface area contributed by atoms with Gasteiger partial charge >= 0.3 is 0 Å². The molecule has 0 radical (unpaired) electrons. The summed E-state index contributed by atoms with van der Waals surface area (Å²) in [5.74, 6) is -0.806. The summed E-state index contributed by atoms with van der Waals surface area (Å²) in [5.41, 5.74) is 4.64. The van der Waals surface area contributed by atoms with Crippen LogP contribution in [0, 0.1) is 15.5 Å². The van der Waals surface area contributed by atoms with Crippen molar-refractivity contribution in [1.29, 1.82) is 0 Å². The van der Waals surface area contributed by atoms with E-state index in [0.717, 1.165) is 0 Å². The Labute approximate surface area is 148 Å². The Hall–Kier alpha value is -1.74. The molecule has 122 valence electrons. The summed E-state index contributed by atoms with van der Waals surface area (Å²) < 4.78 is -0.434. The fourth-order valence-electron chi connectivity index (χ4n) is 1.82.